The Morgan fingerprint density at radius 1 is 1.32 bits per heavy atom. The van der Waals surface area contributed by atoms with Crippen molar-refractivity contribution in [2.75, 3.05) is 25.6 Å². The van der Waals surface area contributed by atoms with Crippen LogP contribution < -0.4 is 25.0 Å². The number of carbonyl (C=O) groups excluding carboxylic acids is 1. The van der Waals surface area contributed by atoms with Crippen molar-refractivity contribution in [3.63, 3.8) is 0 Å². The molecule has 2 aromatic carbocycles. The summed E-state index contributed by atoms with van der Waals surface area (Å²) in [4.78, 5) is 12.1. The summed E-state index contributed by atoms with van der Waals surface area (Å²) in [6.07, 6.45) is 2.58. The average Bonchev–Trinajstić information content (AvgIpc) is 3.05. The van der Waals surface area contributed by atoms with Gasteiger partial charge in [-0.05, 0) is 38.1 Å². The number of hydrogen-bond donors (Lipinski definition) is 2. The predicted octanol–water partition coefficient (Wildman–Crippen LogP) is 2.98. The van der Waals surface area contributed by atoms with E-state index in [2.05, 4.69) is 15.8 Å². The molecule has 0 aliphatic carbocycles. The van der Waals surface area contributed by atoms with Gasteiger partial charge in [0.15, 0.2) is 0 Å². The van der Waals surface area contributed by atoms with Crippen LogP contribution in [0.2, 0.25) is 0 Å². The molecule has 0 spiro atoms. The Kier molecular flexibility index (Phi) is 6.37. The van der Waals surface area contributed by atoms with Crippen molar-refractivity contribution in [2.24, 2.45) is 5.10 Å². The molecular weight excluding hydrogens is 358 g/mol. The number of methoxy groups -OCH3 is 1. The van der Waals surface area contributed by atoms with Crippen LogP contribution >= 0.6 is 0 Å². The summed E-state index contributed by atoms with van der Waals surface area (Å²) >= 11 is 0. The Bertz CT molecular complexity index is 867. The molecule has 1 heterocycles. The van der Waals surface area contributed by atoms with Gasteiger partial charge in [-0.2, -0.15) is 5.10 Å². The number of carbonyl (C=O) groups is 1. The van der Waals surface area contributed by atoms with Crippen molar-refractivity contribution >= 4 is 17.8 Å². The topological polar surface area (TPSA) is 81.2 Å². The summed E-state index contributed by atoms with van der Waals surface area (Å²) in [5.41, 5.74) is 5.14. The fourth-order valence-corrected chi connectivity index (χ4v) is 3.02. The Hall–Kier alpha value is -3.22. The Morgan fingerprint density at radius 3 is 2.93 bits per heavy atom. The van der Waals surface area contributed by atoms with Crippen LogP contribution in [0, 0.1) is 0 Å². The van der Waals surface area contributed by atoms with E-state index in [1.54, 1.807) is 13.3 Å². The molecule has 7 nitrogen and oxygen atoms in total. The molecule has 3 rings (SSSR count). The standard InChI is InChI=1S/C21H25N3O4/c1-4-27-19-10-15-9-14(2)28-20(15)11-16(19)12-23-24-21(25)13-22-17-7-5-6-8-18(17)26-3/h5-8,10-12,14,22H,4,9,13H2,1-3H3,(H,24,25)/b23-12-/t14-/m0/s1. The number of rotatable bonds is 8. The molecule has 1 aliphatic heterocycles. The van der Waals surface area contributed by atoms with Crippen LogP contribution in [0.4, 0.5) is 5.69 Å². The lowest BCUT2D eigenvalue weighted by Crippen LogP contribution is -2.26. The number of benzene rings is 2. The van der Waals surface area contributed by atoms with E-state index in [1.165, 1.54) is 0 Å². The molecule has 1 aliphatic rings. The Labute approximate surface area is 164 Å². The number of fused-ring (bicyclic) bond motifs is 1. The number of para-hydroxylation sites is 2. The molecular formula is C21H25N3O4. The highest BCUT2D eigenvalue weighted by Gasteiger charge is 2.21. The van der Waals surface area contributed by atoms with E-state index < -0.39 is 0 Å². The molecule has 2 aromatic rings. The van der Waals surface area contributed by atoms with Crippen LogP contribution in [-0.4, -0.2) is 38.5 Å². The molecule has 148 valence electrons. The van der Waals surface area contributed by atoms with Gasteiger partial charge in [0, 0.05) is 17.5 Å². The molecule has 0 bridgehead atoms. The fraction of sp³-hybridized carbons (Fsp3) is 0.333. The number of ether oxygens (including phenoxy) is 3. The zero-order chi connectivity index (χ0) is 19.9. The van der Waals surface area contributed by atoms with Crippen LogP contribution in [0.5, 0.6) is 17.2 Å². The minimum absolute atomic E-state index is 0.0703. The van der Waals surface area contributed by atoms with Crippen molar-refractivity contribution in [2.45, 2.75) is 26.4 Å². The van der Waals surface area contributed by atoms with E-state index in [9.17, 15) is 4.79 Å². The summed E-state index contributed by atoms with van der Waals surface area (Å²) in [6.45, 7) is 4.58. The van der Waals surface area contributed by atoms with Gasteiger partial charge in [-0.15, -0.1) is 0 Å². The lowest BCUT2D eigenvalue weighted by atomic mass is 10.1. The molecule has 1 atom stereocenters. The number of nitrogens with one attached hydrogen (secondary N) is 2. The number of hydrogen-bond acceptors (Lipinski definition) is 6. The molecule has 0 saturated heterocycles. The van der Waals surface area contributed by atoms with E-state index in [-0.39, 0.29) is 18.6 Å². The summed E-state index contributed by atoms with van der Waals surface area (Å²) in [5.74, 6) is 1.96. The van der Waals surface area contributed by atoms with Gasteiger partial charge in [-0.1, -0.05) is 12.1 Å². The molecule has 2 N–H and O–H groups in total. The van der Waals surface area contributed by atoms with Gasteiger partial charge in [0.1, 0.15) is 23.4 Å². The lowest BCUT2D eigenvalue weighted by molar-refractivity contribution is -0.119. The first-order valence-corrected chi connectivity index (χ1v) is 9.26. The molecule has 1 amide bonds. The molecule has 28 heavy (non-hydrogen) atoms. The van der Waals surface area contributed by atoms with Gasteiger partial charge in [-0.25, -0.2) is 5.43 Å². The third-order valence-electron chi connectivity index (χ3n) is 4.27. The third-order valence-corrected chi connectivity index (χ3v) is 4.27. The lowest BCUT2D eigenvalue weighted by Gasteiger charge is -2.10. The van der Waals surface area contributed by atoms with Gasteiger partial charge in [0.25, 0.3) is 5.91 Å². The highest BCUT2D eigenvalue weighted by atomic mass is 16.5. The molecule has 0 unspecified atom stereocenters. The second-order valence-corrected chi connectivity index (χ2v) is 6.41. The monoisotopic (exact) mass is 383 g/mol. The zero-order valence-electron chi connectivity index (χ0n) is 16.3. The molecule has 7 heteroatoms. The predicted molar refractivity (Wildman–Crippen MR) is 109 cm³/mol. The Morgan fingerprint density at radius 2 is 2.14 bits per heavy atom. The van der Waals surface area contributed by atoms with Crippen LogP contribution in [0.25, 0.3) is 0 Å². The van der Waals surface area contributed by atoms with E-state index in [1.807, 2.05) is 50.2 Å². The molecule has 0 fully saturated rings. The average molecular weight is 383 g/mol. The van der Waals surface area contributed by atoms with Gasteiger partial charge in [0.05, 0.1) is 32.2 Å². The zero-order valence-corrected chi connectivity index (χ0v) is 16.3. The highest BCUT2D eigenvalue weighted by Crippen LogP contribution is 2.34. The molecule has 0 saturated carbocycles. The van der Waals surface area contributed by atoms with Crippen molar-refractivity contribution in [3.8, 4) is 17.2 Å². The summed E-state index contributed by atoms with van der Waals surface area (Å²) < 4.78 is 16.7. The Balaban J connectivity index is 1.61. The van der Waals surface area contributed by atoms with Gasteiger partial charge < -0.3 is 19.5 Å². The summed E-state index contributed by atoms with van der Waals surface area (Å²) in [6, 6.07) is 11.3. The number of anilines is 1. The van der Waals surface area contributed by atoms with Crippen molar-refractivity contribution in [3.05, 3.63) is 47.5 Å². The van der Waals surface area contributed by atoms with Crippen LogP contribution in [-0.2, 0) is 11.2 Å². The van der Waals surface area contributed by atoms with E-state index in [4.69, 9.17) is 14.2 Å². The maximum absolute atomic E-state index is 12.1. The summed E-state index contributed by atoms with van der Waals surface area (Å²) in [5, 5.41) is 7.08. The normalized spacial score (nSPS) is 15.0. The fourth-order valence-electron chi connectivity index (χ4n) is 3.02. The second kappa shape index (κ2) is 9.12. The van der Waals surface area contributed by atoms with Crippen molar-refractivity contribution in [1.82, 2.24) is 5.43 Å². The molecule has 0 radical (unpaired) electrons. The largest absolute Gasteiger partial charge is 0.495 e. The van der Waals surface area contributed by atoms with E-state index >= 15 is 0 Å². The van der Waals surface area contributed by atoms with Crippen molar-refractivity contribution < 1.29 is 19.0 Å². The first-order chi connectivity index (χ1) is 13.6. The minimum atomic E-state index is -0.272. The van der Waals surface area contributed by atoms with E-state index in [0.717, 1.165) is 34.7 Å². The highest BCUT2D eigenvalue weighted by molar-refractivity contribution is 5.87. The van der Waals surface area contributed by atoms with Gasteiger partial charge in [-0.3, -0.25) is 4.79 Å². The first-order valence-electron chi connectivity index (χ1n) is 9.26. The smallest absolute Gasteiger partial charge is 0.259 e. The number of hydrazone groups is 1. The van der Waals surface area contributed by atoms with Crippen LogP contribution in [0.3, 0.4) is 0 Å². The second-order valence-electron chi connectivity index (χ2n) is 6.41. The maximum atomic E-state index is 12.1. The third kappa shape index (κ3) is 4.73. The number of nitrogens with zero attached hydrogens (tertiary/aromatic N) is 1. The first kappa shape index (κ1) is 19.5. The van der Waals surface area contributed by atoms with Gasteiger partial charge in [0.2, 0.25) is 0 Å². The SMILES string of the molecule is CCOc1cc2c(cc1/C=N\NC(=O)CNc1ccccc1OC)O[C@@H](C)C2. The van der Waals surface area contributed by atoms with E-state index in [0.29, 0.717) is 12.4 Å². The van der Waals surface area contributed by atoms with Gasteiger partial charge >= 0.3 is 0 Å². The van der Waals surface area contributed by atoms with Crippen molar-refractivity contribution in [1.29, 1.82) is 0 Å². The quantitative estimate of drug-likeness (QED) is 0.541. The minimum Gasteiger partial charge on any atom is -0.495 e. The molecule has 0 aromatic heterocycles. The number of amides is 1. The maximum Gasteiger partial charge on any atom is 0.259 e. The summed E-state index contributed by atoms with van der Waals surface area (Å²) in [7, 11) is 1.59. The van der Waals surface area contributed by atoms with Crippen LogP contribution in [0.15, 0.2) is 41.5 Å². The van der Waals surface area contributed by atoms with Crippen LogP contribution in [0.1, 0.15) is 25.0 Å².